The minimum atomic E-state index is -0.993. The summed E-state index contributed by atoms with van der Waals surface area (Å²) >= 11 is 0. The maximum atomic E-state index is 12.5. The molecule has 1 N–H and O–H groups in total. The van der Waals surface area contributed by atoms with Crippen molar-refractivity contribution >= 4 is 11.0 Å². The molecular formula is C23H30N2OS. The van der Waals surface area contributed by atoms with Crippen molar-refractivity contribution < 1.29 is 4.21 Å². The maximum absolute atomic E-state index is 12.5. The molecule has 1 aliphatic carbocycles. The van der Waals surface area contributed by atoms with Crippen LogP contribution in [0.2, 0.25) is 0 Å². The van der Waals surface area contributed by atoms with Gasteiger partial charge >= 0.3 is 0 Å². The topological polar surface area (TPSA) is 32.3 Å². The van der Waals surface area contributed by atoms with Crippen LogP contribution in [0.15, 0.2) is 60.7 Å². The van der Waals surface area contributed by atoms with Gasteiger partial charge in [0.15, 0.2) is 0 Å². The molecular weight excluding hydrogens is 352 g/mol. The Kier molecular flexibility index (Phi) is 5.00. The molecule has 2 aromatic rings. The number of benzene rings is 2. The van der Waals surface area contributed by atoms with Gasteiger partial charge in [0, 0.05) is 24.5 Å². The number of hydrogen-bond acceptors (Lipinski definition) is 2. The molecule has 0 amide bonds. The molecule has 0 aromatic heterocycles. The van der Waals surface area contributed by atoms with Crippen LogP contribution >= 0.6 is 0 Å². The Bertz CT molecular complexity index is 755. The fraction of sp³-hybridized carbons (Fsp3) is 0.478. The molecule has 1 saturated carbocycles. The third-order valence-electron chi connectivity index (χ3n) is 6.11. The molecule has 144 valence electrons. The number of rotatable bonds is 5. The molecule has 27 heavy (non-hydrogen) atoms. The first-order valence-corrected chi connectivity index (χ1v) is 11.1. The van der Waals surface area contributed by atoms with Gasteiger partial charge in [-0.05, 0) is 44.7 Å². The summed E-state index contributed by atoms with van der Waals surface area (Å²) in [4.78, 5) is 2.58. The quantitative estimate of drug-likeness (QED) is 0.836. The molecule has 1 spiro atoms. The summed E-state index contributed by atoms with van der Waals surface area (Å²) in [5, 5.41) is 0. The first kappa shape index (κ1) is 18.9. The van der Waals surface area contributed by atoms with Crippen molar-refractivity contribution in [2.75, 3.05) is 13.1 Å². The van der Waals surface area contributed by atoms with Crippen molar-refractivity contribution in [3.05, 3.63) is 71.8 Å². The number of hydrogen-bond donors (Lipinski definition) is 1. The molecule has 1 heterocycles. The largest absolute Gasteiger partial charge is 0.291 e. The van der Waals surface area contributed by atoms with Gasteiger partial charge in [-0.15, -0.1) is 0 Å². The molecule has 3 nitrogen and oxygen atoms in total. The summed E-state index contributed by atoms with van der Waals surface area (Å²) in [5.74, 6) is 0. The van der Waals surface area contributed by atoms with E-state index in [0.717, 1.165) is 19.5 Å². The Hall–Kier alpha value is -1.49. The van der Waals surface area contributed by atoms with E-state index >= 15 is 0 Å². The lowest BCUT2D eigenvalue weighted by Crippen LogP contribution is -2.71. The minimum Gasteiger partial charge on any atom is -0.291 e. The Morgan fingerprint density at radius 1 is 1.00 bits per heavy atom. The lowest BCUT2D eigenvalue weighted by molar-refractivity contribution is -0.0970. The van der Waals surface area contributed by atoms with Crippen LogP contribution in [0.25, 0.3) is 0 Å². The van der Waals surface area contributed by atoms with Crippen molar-refractivity contribution in [1.29, 1.82) is 0 Å². The van der Waals surface area contributed by atoms with Gasteiger partial charge < -0.3 is 0 Å². The highest BCUT2D eigenvalue weighted by Gasteiger charge is 2.56. The summed E-state index contributed by atoms with van der Waals surface area (Å²) in [6, 6.07) is 22.3. The molecule has 2 fully saturated rings. The standard InChI is InChI=1S/C23H30N2OS/c1-22(2,3)27(26)24-20-14-15-23(20)16-25(17-23)21(18-10-6-4-7-11-18)19-12-8-5-9-13-19/h4-13,20-21,24H,14-17H2,1-3H3/t20-,27?/m0/s1. The molecule has 2 atom stereocenters. The maximum Gasteiger partial charge on any atom is 0.0972 e. The molecule has 0 bridgehead atoms. The monoisotopic (exact) mass is 382 g/mol. The van der Waals surface area contributed by atoms with E-state index in [1.54, 1.807) is 0 Å². The fourth-order valence-corrected chi connectivity index (χ4v) is 5.38. The van der Waals surface area contributed by atoms with E-state index < -0.39 is 11.0 Å². The predicted octanol–water partition coefficient (Wildman–Crippen LogP) is 4.29. The van der Waals surface area contributed by atoms with Gasteiger partial charge in [0.25, 0.3) is 0 Å². The molecule has 2 aromatic carbocycles. The fourth-order valence-electron chi connectivity index (χ4n) is 4.40. The summed E-state index contributed by atoms with van der Waals surface area (Å²) in [6.45, 7) is 8.25. The van der Waals surface area contributed by atoms with Gasteiger partial charge in [-0.2, -0.15) is 0 Å². The molecule has 1 unspecified atom stereocenters. The Morgan fingerprint density at radius 2 is 1.52 bits per heavy atom. The van der Waals surface area contributed by atoms with E-state index in [1.165, 1.54) is 17.5 Å². The Balaban J connectivity index is 1.50. The second kappa shape index (κ2) is 7.16. The van der Waals surface area contributed by atoms with E-state index in [1.807, 2.05) is 20.8 Å². The highest BCUT2D eigenvalue weighted by atomic mass is 32.2. The second-order valence-corrected chi connectivity index (χ2v) is 11.1. The normalized spacial score (nSPS) is 23.0. The van der Waals surface area contributed by atoms with Crippen molar-refractivity contribution in [3.63, 3.8) is 0 Å². The van der Waals surface area contributed by atoms with Gasteiger partial charge in [0.1, 0.15) is 0 Å². The summed E-state index contributed by atoms with van der Waals surface area (Å²) in [5.41, 5.74) is 2.99. The van der Waals surface area contributed by atoms with Crippen LogP contribution in [0.5, 0.6) is 0 Å². The number of nitrogens with one attached hydrogen (secondary N) is 1. The Labute approximate surface area is 165 Å². The molecule has 1 saturated heterocycles. The number of nitrogens with zero attached hydrogens (tertiary/aromatic N) is 1. The summed E-state index contributed by atoms with van der Waals surface area (Å²) in [6.07, 6.45) is 2.37. The average molecular weight is 383 g/mol. The summed E-state index contributed by atoms with van der Waals surface area (Å²) < 4.78 is 15.8. The van der Waals surface area contributed by atoms with E-state index in [-0.39, 0.29) is 4.75 Å². The minimum absolute atomic E-state index is 0.211. The lowest BCUT2D eigenvalue weighted by atomic mass is 9.59. The van der Waals surface area contributed by atoms with Crippen molar-refractivity contribution in [1.82, 2.24) is 9.62 Å². The summed E-state index contributed by atoms with van der Waals surface area (Å²) in [7, 11) is -0.993. The van der Waals surface area contributed by atoms with Crippen LogP contribution in [0.1, 0.15) is 50.8 Å². The molecule has 4 rings (SSSR count). The number of likely N-dealkylation sites (tertiary alicyclic amines) is 1. The second-order valence-electron chi connectivity index (χ2n) is 9.08. The van der Waals surface area contributed by atoms with Gasteiger partial charge in [-0.3, -0.25) is 4.90 Å². The van der Waals surface area contributed by atoms with Crippen LogP contribution in [-0.2, 0) is 11.0 Å². The van der Waals surface area contributed by atoms with Crippen molar-refractivity contribution in [2.45, 2.75) is 50.4 Å². The lowest BCUT2D eigenvalue weighted by Gasteiger charge is -2.62. The zero-order valence-corrected chi connectivity index (χ0v) is 17.3. The van der Waals surface area contributed by atoms with Crippen molar-refractivity contribution in [2.24, 2.45) is 5.41 Å². The van der Waals surface area contributed by atoms with E-state index in [4.69, 9.17) is 0 Å². The third kappa shape index (κ3) is 3.63. The SMILES string of the molecule is CC(C)(C)S(=O)N[C@H]1CCC12CN(C(c1ccccc1)c1ccccc1)C2. The zero-order chi connectivity index (χ0) is 19.1. The van der Waals surface area contributed by atoms with Crippen LogP contribution < -0.4 is 4.72 Å². The van der Waals surface area contributed by atoms with Gasteiger partial charge in [-0.1, -0.05) is 60.7 Å². The van der Waals surface area contributed by atoms with Crippen LogP contribution in [0.3, 0.4) is 0 Å². The first-order valence-electron chi connectivity index (χ1n) is 9.91. The highest BCUT2D eigenvalue weighted by molar-refractivity contribution is 7.84. The average Bonchev–Trinajstić information content (AvgIpc) is 2.61. The predicted molar refractivity (Wildman–Crippen MR) is 113 cm³/mol. The Morgan fingerprint density at radius 3 is 1.93 bits per heavy atom. The first-order chi connectivity index (χ1) is 12.9. The van der Waals surface area contributed by atoms with Crippen LogP contribution in [-0.4, -0.2) is 33.0 Å². The molecule has 4 heteroatoms. The highest BCUT2D eigenvalue weighted by Crippen LogP contribution is 2.52. The van der Waals surface area contributed by atoms with Crippen LogP contribution in [0, 0.1) is 5.41 Å². The molecule has 1 aliphatic heterocycles. The van der Waals surface area contributed by atoms with E-state index in [9.17, 15) is 4.21 Å². The van der Waals surface area contributed by atoms with Crippen LogP contribution in [0.4, 0.5) is 0 Å². The van der Waals surface area contributed by atoms with Gasteiger partial charge in [0.2, 0.25) is 0 Å². The smallest absolute Gasteiger partial charge is 0.0972 e. The molecule has 0 radical (unpaired) electrons. The van der Waals surface area contributed by atoms with E-state index in [0.29, 0.717) is 17.5 Å². The third-order valence-corrected chi connectivity index (χ3v) is 7.72. The van der Waals surface area contributed by atoms with Crippen molar-refractivity contribution in [3.8, 4) is 0 Å². The molecule has 2 aliphatic rings. The van der Waals surface area contributed by atoms with Gasteiger partial charge in [0.05, 0.1) is 21.8 Å². The van der Waals surface area contributed by atoms with Gasteiger partial charge in [-0.25, -0.2) is 8.93 Å². The van der Waals surface area contributed by atoms with E-state index in [2.05, 4.69) is 70.3 Å². The zero-order valence-electron chi connectivity index (χ0n) is 16.5.